The van der Waals surface area contributed by atoms with Crippen LogP contribution >= 0.6 is 15.9 Å². The summed E-state index contributed by atoms with van der Waals surface area (Å²) in [5.41, 5.74) is 9.97. The Hall–Kier alpha value is -0.960. The fourth-order valence-electron chi connectivity index (χ4n) is 1.32. The number of hydrogen-bond donors (Lipinski definition) is 3. The van der Waals surface area contributed by atoms with Gasteiger partial charge in [-0.25, -0.2) is 13.1 Å². The maximum Gasteiger partial charge on any atom is 0.248 e. The molecule has 106 valence electrons. The summed E-state index contributed by atoms with van der Waals surface area (Å²) in [6, 6.07) is 4.07. The second-order valence-electron chi connectivity index (χ2n) is 4.73. The van der Waals surface area contributed by atoms with Crippen LogP contribution in [-0.2, 0) is 10.0 Å². The lowest BCUT2D eigenvalue weighted by molar-refractivity contribution is 0.1000. The number of carbonyl (C=O) groups is 1. The Morgan fingerprint density at radius 2 is 1.95 bits per heavy atom. The molecule has 0 fully saturated rings. The molecule has 0 aliphatic carbocycles. The molecule has 0 saturated heterocycles. The van der Waals surface area contributed by atoms with Gasteiger partial charge in [0.05, 0.1) is 4.90 Å². The summed E-state index contributed by atoms with van der Waals surface area (Å²) < 4.78 is 27.3. The first-order valence-corrected chi connectivity index (χ1v) is 7.69. The zero-order chi connectivity index (χ0) is 14.8. The molecule has 0 unspecified atom stereocenters. The van der Waals surface area contributed by atoms with Gasteiger partial charge in [-0.15, -0.1) is 0 Å². The largest absolute Gasteiger partial charge is 0.366 e. The van der Waals surface area contributed by atoms with Crippen molar-refractivity contribution in [1.29, 1.82) is 0 Å². The van der Waals surface area contributed by atoms with Crippen molar-refractivity contribution in [3.8, 4) is 0 Å². The number of rotatable bonds is 5. The lowest BCUT2D eigenvalue weighted by atomic mass is 10.1. The molecule has 0 aromatic heterocycles. The minimum atomic E-state index is -3.78. The highest BCUT2D eigenvalue weighted by Crippen LogP contribution is 2.20. The third kappa shape index (κ3) is 4.27. The van der Waals surface area contributed by atoms with Crippen LogP contribution in [0.5, 0.6) is 0 Å². The van der Waals surface area contributed by atoms with Crippen LogP contribution in [0.1, 0.15) is 24.2 Å². The lowest BCUT2D eigenvalue weighted by Gasteiger charge is -2.24. The quantitative estimate of drug-likeness (QED) is 0.720. The molecule has 0 spiro atoms. The number of sulfonamides is 1. The molecule has 0 bridgehead atoms. The van der Waals surface area contributed by atoms with Crippen molar-refractivity contribution < 1.29 is 13.2 Å². The molecule has 0 radical (unpaired) electrons. The van der Waals surface area contributed by atoms with Gasteiger partial charge in [0.1, 0.15) is 0 Å². The number of amides is 1. The molecule has 0 saturated carbocycles. The van der Waals surface area contributed by atoms with Crippen LogP contribution in [-0.4, -0.2) is 26.4 Å². The third-order valence-corrected chi connectivity index (χ3v) is 4.52. The van der Waals surface area contributed by atoms with Gasteiger partial charge in [-0.3, -0.25) is 4.79 Å². The van der Waals surface area contributed by atoms with Crippen LogP contribution in [0.4, 0.5) is 0 Å². The number of nitrogens with two attached hydrogens (primary N) is 2. The van der Waals surface area contributed by atoms with Gasteiger partial charge in [-0.05, 0) is 32.0 Å². The number of hydrogen-bond acceptors (Lipinski definition) is 4. The Morgan fingerprint density at radius 3 is 2.42 bits per heavy atom. The SMILES string of the molecule is CC(C)(CN)NS(=O)(=O)c1cc(Br)cc(C(N)=O)c1. The Bertz CT molecular complexity index is 599. The van der Waals surface area contributed by atoms with Gasteiger partial charge >= 0.3 is 0 Å². The Morgan fingerprint density at radius 1 is 1.37 bits per heavy atom. The van der Waals surface area contributed by atoms with E-state index in [4.69, 9.17) is 11.5 Å². The van der Waals surface area contributed by atoms with Crippen LogP contribution in [0.15, 0.2) is 27.6 Å². The molecule has 1 aromatic rings. The first-order chi connectivity index (χ1) is 8.57. The monoisotopic (exact) mass is 349 g/mol. The van der Waals surface area contributed by atoms with Gasteiger partial charge in [0.15, 0.2) is 0 Å². The zero-order valence-corrected chi connectivity index (χ0v) is 13.0. The summed E-state index contributed by atoms with van der Waals surface area (Å²) in [6.07, 6.45) is 0. The maximum atomic E-state index is 12.2. The molecular weight excluding hydrogens is 334 g/mol. The minimum absolute atomic E-state index is 0.0443. The molecular formula is C11H16BrN3O3S. The maximum absolute atomic E-state index is 12.2. The molecule has 19 heavy (non-hydrogen) atoms. The Labute approximate surface area is 120 Å². The predicted octanol–water partition coefficient (Wildman–Crippen LogP) is 0.564. The van der Waals surface area contributed by atoms with E-state index in [-0.39, 0.29) is 17.0 Å². The van der Waals surface area contributed by atoms with E-state index in [2.05, 4.69) is 20.7 Å². The fourth-order valence-corrected chi connectivity index (χ4v) is 3.46. The van der Waals surface area contributed by atoms with E-state index in [1.165, 1.54) is 18.2 Å². The van der Waals surface area contributed by atoms with Crippen molar-refractivity contribution in [1.82, 2.24) is 4.72 Å². The van der Waals surface area contributed by atoms with Crippen LogP contribution in [0.3, 0.4) is 0 Å². The highest BCUT2D eigenvalue weighted by Gasteiger charge is 2.25. The summed E-state index contributed by atoms with van der Waals surface area (Å²) >= 11 is 3.15. The second-order valence-corrected chi connectivity index (χ2v) is 7.33. The molecule has 5 N–H and O–H groups in total. The zero-order valence-electron chi connectivity index (χ0n) is 10.6. The van der Waals surface area contributed by atoms with Gasteiger partial charge in [0.25, 0.3) is 0 Å². The number of primary amides is 1. The van der Waals surface area contributed by atoms with E-state index < -0.39 is 21.5 Å². The molecule has 0 heterocycles. The summed E-state index contributed by atoms with van der Waals surface area (Å²) in [5, 5.41) is 0. The van der Waals surface area contributed by atoms with E-state index in [1.54, 1.807) is 13.8 Å². The van der Waals surface area contributed by atoms with Crippen LogP contribution < -0.4 is 16.2 Å². The molecule has 1 aromatic carbocycles. The Balaban J connectivity index is 3.26. The molecule has 0 aliphatic rings. The number of halogens is 1. The van der Waals surface area contributed by atoms with Crippen molar-refractivity contribution in [2.75, 3.05) is 6.54 Å². The van der Waals surface area contributed by atoms with Gasteiger partial charge < -0.3 is 11.5 Å². The summed E-state index contributed by atoms with van der Waals surface area (Å²) in [7, 11) is -3.78. The van der Waals surface area contributed by atoms with Gasteiger partial charge in [-0.1, -0.05) is 15.9 Å². The molecule has 0 aliphatic heterocycles. The number of carbonyl (C=O) groups excluding carboxylic acids is 1. The van der Waals surface area contributed by atoms with E-state index in [0.717, 1.165) is 0 Å². The minimum Gasteiger partial charge on any atom is -0.366 e. The van der Waals surface area contributed by atoms with E-state index in [1.807, 2.05) is 0 Å². The van der Waals surface area contributed by atoms with E-state index in [9.17, 15) is 13.2 Å². The standard InChI is InChI=1S/C11H16BrN3O3S/c1-11(2,6-13)15-19(17,18)9-4-7(10(14)16)3-8(12)5-9/h3-5,15H,6,13H2,1-2H3,(H2,14,16). The van der Waals surface area contributed by atoms with Crippen molar-refractivity contribution in [3.63, 3.8) is 0 Å². The first kappa shape index (κ1) is 16.1. The number of benzene rings is 1. The van der Waals surface area contributed by atoms with Crippen LogP contribution in [0.25, 0.3) is 0 Å². The first-order valence-electron chi connectivity index (χ1n) is 5.42. The van der Waals surface area contributed by atoms with Crippen molar-refractivity contribution in [3.05, 3.63) is 28.2 Å². The van der Waals surface area contributed by atoms with Crippen molar-refractivity contribution >= 4 is 31.9 Å². The van der Waals surface area contributed by atoms with Crippen molar-refractivity contribution in [2.45, 2.75) is 24.3 Å². The lowest BCUT2D eigenvalue weighted by Crippen LogP contribution is -2.48. The van der Waals surface area contributed by atoms with Gasteiger partial charge in [0, 0.05) is 22.1 Å². The summed E-state index contributed by atoms with van der Waals surface area (Å²) in [4.78, 5) is 11.1. The smallest absolute Gasteiger partial charge is 0.248 e. The average Bonchev–Trinajstić information content (AvgIpc) is 2.26. The van der Waals surface area contributed by atoms with Crippen LogP contribution in [0, 0.1) is 0 Å². The van der Waals surface area contributed by atoms with Gasteiger partial charge in [0.2, 0.25) is 15.9 Å². The highest BCUT2D eigenvalue weighted by atomic mass is 79.9. The number of nitrogens with one attached hydrogen (secondary N) is 1. The van der Waals surface area contributed by atoms with Crippen LogP contribution in [0.2, 0.25) is 0 Å². The van der Waals surface area contributed by atoms with E-state index in [0.29, 0.717) is 4.47 Å². The average molecular weight is 350 g/mol. The second kappa shape index (κ2) is 5.58. The molecule has 1 amide bonds. The summed E-state index contributed by atoms with van der Waals surface area (Å²) in [6.45, 7) is 3.47. The van der Waals surface area contributed by atoms with E-state index >= 15 is 0 Å². The van der Waals surface area contributed by atoms with Gasteiger partial charge in [-0.2, -0.15) is 0 Å². The van der Waals surface area contributed by atoms with Crippen molar-refractivity contribution in [2.24, 2.45) is 11.5 Å². The predicted molar refractivity (Wildman–Crippen MR) is 76.1 cm³/mol. The fraction of sp³-hybridized carbons (Fsp3) is 0.364. The molecule has 0 atom stereocenters. The highest BCUT2D eigenvalue weighted by molar-refractivity contribution is 9.10. The topological polar surface area (TPSA) is 115 Å². The molecule has 6 nitrogen and oxygen atoms in total. The molecule has 1 rings (SSSR count). The molecule has 8 heteroatoms. The Kier molecular flexibility index (Phi) is 4.72. The third-order valence-electron chi connectivity index (χ3n) is 2.39. The summed E-state index contributed by atoms with van der Waals surface area (Å²) in [5.74, 6) is -0.698. The normalized spacial score (nSPS) is 12.4.